The highest BCUT2D eigenvalue weighted by molar-refractivity contribution is 5.74. The smallest absolute Gasteiger partial charge is 0.317 e. The lowest BCUT2D eigenvalue weighted by atomic mass is 9.89. The topological polar surface area (TPSA) is 41.6 Å². The Hall–Kier alpha value is -2.49. The zero-order chi connectivity index (χ0) is 17.6. The predicted octanol–water partition coefficient (Wildman–Crippen LogP) is 4.09. The Kier molecular flexibility index (Phi) is 5.59. The van der Waals surface area contributed by atoms with Crippen molar-refractivity contribution in [2.24, 2.45) is 0 Å². The van der Waals surface area contributed by atoms with Gasteiger partial charge in [-0.1, -0.05) is 48.0 Å². The molecule has 1 fully saturated rings. The van der Waals surface area contributed by atoms with Crippen LogP contribution in [0.15, 0.2) is 48.5 Å². The minimum atomic E-state index is 0.0278. The van der Waals surface area contributed by atoms with Gasteiger partial charge in [0.1, 0.15) is 5.75 Å². The fraction of sp³-hybridized carbons (Fsp3) is 0.381. The Morgan fingerprint density at radius 1 is 1.16 bits per heavy atom. The molecule has 1 aliphatic heterocycles. The van der Waals surface area contributed by atoms with Gasteiger partial charge >= 0.3 is 6.03 Å². The molecule has 2 aromatic carbocycles. The van der Waals surface area contributed by atoms with Crippen LogP contribution in [0.5, 0.6) is 5.75 Å². The molecule has 4 heteroatoms. The van der Waals surface area contributed by atoms with E-state index >= 15 is 0 Å². The molecule has 1 N–H and O–H groups in total. The van der Waals surface area contributed by atoms with Crippen molar-refractivity contribution in [1.29, 1.82) is 0 Å². The SMILES string of the molecule is COc1ccccc1C1CCN(C(=O)NCc2cccc(C)c2)CC1. The van der Waals surface area contributed by atoms with E-state index in [2.05, 4.69) is 36.5 Å². The van der Waals surface area contributed by atoms with E-state index in [0.717, 1.165) is 37.2 Å². The van der Waals surface area contributed by atoms with Crippen molar-refractivity contribution in [2.75, 3.05) is 20.2 Å². The summed E-state index contributed by atoms with van der Waals surface area (Å²) in [7, 11) is 1.71. The number of piperidine rings is 1. The van der Waals surface area contributed by atoms with Crippen LogP contribution in [0.2, 0.25) is 0 Å². The van der Waals surface area contributed by atoms with Crippen LogP contribution in [0.25, 0.3) is 0 Å². The Balaban J connectivity index is 1.52. The van der Waals surface area contributed by atoms with Gasteiger partial charge in [0.05, 0.1) is 7.11 Å². The average Bonchev–Trinajstić information content (AvgIpc) is 2.66. The molecule has 25 heavy (non-hydrogen) atoms. The average molecular weight is 338 g/mol. The van der Waals surface area contributed by atoms with Crippen molar-refractivity contribution in [2.45, 2.75) is 32.2 Å². The Morgan fingerprint density at radius 2 is 1.92 bits per heavy atom. The Labute approximate surface area is 149 Å². The molecule has 3 rings (SSSR count). The molecule has 0 saturated carbocycles. The van der Waals surface area contributed by atoms with Gasteiger partial charge in [-0.15, -0.1) is 0 Å². The largest absolute Gasteiger partial charge is 0.496 e. The number of carbonyl (C=O) groups is 1. The summed E-state index contributed by atoms with van der Waals surface area (Å²) in [5, 5.41) is 3.04. The van der Waals surface area contributed by atoms with Gasteiger partial charge in [0.2, 0.25) is 0 Å². The molecular weight excluding hydrogens is 312 g/mol. The monoisotopic (exact) mass is 338 g/mol. The molecule has 0 unspecified atom stereocenters. The third-order valence-corrected chi connectivity index (χ3v) is 4.89. The number of nitrogens with zero attached hydrogens (tertiary/aromatic N) is 1. The van der Waals surface area contributed by atoms with Crippen LogP contribution in [0.4, 0.5) is 4.79 Å². The highest BCUT2D eigenvalue weighted by atomic mass is 16.5. The van der Waals surface area contributed by atoms with Gasteiger partial charge in [0.15, 0.2) is 0 Å². The van der Waals surface area contributed by atoms with Crippen LogP contribution in [0, 0.1) is 6.92 Å². The predicted molar refractivity (Wildman–Crippen MR) is 100.0 cm³/mol. The number of carbonyl (C=O) groups excluding carboxylic acids is 1. The van der Waals surface area contributed by atoms with Crippen LogP contribution in [-0.4, -0.2) is 31.1 Å². The molecule has 0 radical (unpaired) electrons. The van der Waals surface area contributed by atoms with Crippen LogP contribution in [0.1, 0.15) is 35.4 Å². The van der Waals surface area contributed by atoms with E-state index in [1.54, 1.807) is 7.11 Å². The zero-order valence-corrected chi connectivity index (χ0v) is 15.0. The normalized spacial score (nSPS) is 15.0. The molecule has 0 aliphatic carbocycles. The first kappa shape index (κ1) is 17.3. The first-order valence-corrected chi connectivity index (χ1v) is 8.88. The van der Waals surface area contributed by atoms with Gasteiger partial charge in [-0.25, -0.2) is 4.79 Å². The summed E-state index contributed by atoms with van der Waals surface area (Å²) < 4.78 is 5.48. The maximum atomic E-state index is 12.4. The van der Waals surface area contributed by atoms with E-state index in [9.17, 15) is 4.79 Å². The van der Waals surface area contributed by atoms with E-state index in [4.69, 9.17) is 4.74 Å². The lowest BCUT2D eigenvalue weighted by Crippen LogP contribution is -2.43. The molecule has 132 valence electrons. The van der Waals surface area contributed by atoms with Crippen molar-refractivity contribution in [3.8, 4) is 5.75 Å². The molecule has 1 aliphatic rings. The summed E-state index contributed by atoms with van der Waals surface area (Å²) in [6.07, 6.45) is 1.94. The van der Waals surface area contributed by atoms with Gasteiger partial charge in [-0.2, -0.15) is 0 Å². The molecular formula is C21H26N2O2. The summed E-state index contributed by atoms with van der Waals surface area (Å²) in [6.45, 7) is 4.20. The molecule has 0 atom stereocenters. The fourth-order valence-corrected chi connectivity index (χ4v) is 3.51. The number of urea groups is 1. The Morgan fingerprint density at radius 3 is 2.64 bits per heavy atom. The second-order valence-electron chi connectivity index (χ2n) is 6.65. The number of para-hydroxylation sites is 1. The maximum Gasteiger partial charge on any atom is 0.317 e. The number of aryl methyl sites for hydroxylation is 1. The zero-order valence-electron chi connectivity index (χ0n) is 15.0. The summed E-state index contributed by atoms with van der Waals surface area (Å²) >= 11 is 0. The summed E-state index contributed by atoms with van der Waals surface area (Å²) in [6, 6.07) is 16.5. The Bertz CT molecular complexity index is 721. The van der Waals surface area contributed by atoms with Crippen LogP contribution >= 0.6 is 0 Å². The fourth-order valence-electron chi connectivity index (χ4n) is 3.51. The maximum absolute atomic E-state index is 12.4. The standard InChI is InChI=1S/C21H26N2O2/c1-16-6-5-7-17(14-16)15-22-21(24)23-12-10-18(11-13-23)19-8-3-4-9-20(19)25-2/h3-9,14,18H,10-13,15H2,1-2H3,(H,22,24). The third kappa shape index (κ3) is 4.32. The van der Waals surface area contributed by atoms with Crippen LogP contribution < -0.4 is 10.1 Å². The van der Waals surface area contributed by atoms with Crippen molar-refractivity contribution >= 4 is 6.03 Å². The number of ether oxygens (including phenoxy) is 1. The summed E-state index contributed by atoms with van der Waals surface area (Å²) in [4.78, 5) is 14.3. The van der Waals surface area contributed by atoms with E-state index < -0.39 is 0 Å². The third-order valence-electron chi connectivity index (χ3n) is 4.89. The van der Waals surface area contributed by atoms with E-state index in [1.165, 1.54) is 11.1 Å². The lowest BCUT2D eigenvalue weighted by Gasteiger charge is -2.32. The summed E-state index contributed by atoms with van der Waals surface area (Å²) in [5.41, 5.74) is 3.60. The van der Waals surface area contributed by atoms with Gasteiger partial charge in [-0.05, 0) is 42.9 Å². The van der Waals surface area contributed by atoms with Gasteiger partial charge in [0.25, 0.3) is 0 Å². The van der Waals surface area contributed by atoms with E-state index in [1.807, 2.05) is 29.2 Å². The number of methoxy groups -OCH3 is 1. The molecule has 0 spiro atoms. The van der Waals surface area contributed by atoms with E-state index in [-0.39, 0.29) is 6.03 Å². The molecule has 1 heterocycles. The second-order valence-corrected chi connectivity index (χ2v) is 6.65. The van der Waals surface area contributed by atoms with Crippen molar-refractivity contribution in [1.82, 2.24) is 10.2 Å². The quantitative estimate of drug-likeness (QED) is 0.912. The second kappa shape index (κ2) is 8.06. The number of nitrogens with one attached hydrogen (secondary N) is 1. The number of hydrogen-bond donors (Lipinski definition) is 1. The minimum absolute atomic E-state index is 0.0278. The van der Waals surface area contributed by atoms with Crippen molar-refractivity contribution in [3.63, 3.8) is 0 Å². The van der Waals surface area contributed by atoms with Crippen LogP contribution in [-0.2, 0) is 6.54 Å². The number of rotatable bonds is 4. The summed E-state index contributed by atoms with van der Waals surface area (Å²) in [5.74, 6) is 1.40. The molecule has 0 bridgehead atoms. The van der Waals surface area contributed by atoms with Gasteiger partial charge in [0, 0.05) is 19.6 Å². The molecule has 2 amide bonds. The molecule has 1 saturated heterocycles. The molecule has 0 aromatic heterocycles. The molecule has 4 nitrogen and oxygen atoms in total. The number of hydrogen-bond acceptors (Lipinski definition) is 2. The molecule has 2 aromatic rings. The first-order chi connectivity index (χ1) is 12.2. The number of likely N-dealkylation sites (tertiary alicyclic amines) is 1. The van der Waals surface area contributed by atoms with Crippen LogP contribution in [0.3, 0.4) is 0 Å². The lowest BCUT2D eigenvalue weighted by molar-refractivity contribution is 0.180. The number of amides is 2. The van der Waals surface area contributed by atoms with Gasteiger partial charge < -0.3 is 15.0 Å². The first-order valence-electron chi connectivity index (χ1n) is 8.88. The van der Waals surface area contributed by atoms with E-state index in [0.29, 0.717) is 12.5 Å². The highest BCUT2D eigenvalue weighted by Crippen LogP contribution is 2.33. The number of benzene rings is 2. The van der Waals surface area contributed by atoms with Gasteiger partial charge in [-0.3, -0.25) is 0 Å². The minimum Gasteiger partial charge on any atom is -0.496 e. The van der Waals surface area contributed by atoms with Crippen molar-refractivity contribution < 1.29 is 9.53 Å². The highest BCUT2D eigenvalue weighted by Gasteiger charge is 2.25. The van der Waals surface area contributed by atoms with Crippen molar-refractivity contribution in [3.05, 3.63) is 65.2 Å².